The number of carbonyl (C=O) groups excluding carboxylic acids is 1. The molecule has 1 aromatic heterocycles. The highest BCUT2D eigenvalue weighted by Gasteiger charge is 2.13. The SMILES string of the molecule is CN1CCN(CCc2ccc(NC(=O)c3cnn(Cc4ccccc4)c3)cc2)CC1. The van der Waals surface area contributed by atoms with Crippen molar-refractivity contribution in [2.24, 2.45) is 0 Å². The average Bonchev–Trinajstić information content (AvgIpc) is 3.24. The van der Waals surface area contributed by atoms with Crippen LogP contribution in [0.1, 0.15) is 21.5 Å². The Hall–Kier alpha value is -2.96. The van der Waals surface area contributed by atoms with Crippen LogP contribution in [0.2, 0.25) is 0 Å². The number of benzene rings is 2. The Morgan fingerprint density at radius 3 is 2.43 bits per heavy atom. The molecule has 4 rings (SSSR count). The van der Waals surface area contributed by atoms with Crippen molar-refractivity contribution in [2.45, 2.75) is 13.0 Å². The Balaban J connectivity index is 1.27. The molecule has 0 saturated carbocycles. The van der Waals surface area contributed by atoms with E-state index in [1.165, 1.54) is 5.56 Å². The van der Waals surface area contributed by atoms with Crippen LogP contribution in [0.4, 0.5) is 5.69 Å². The summed E-state index contributed by atoms with van der Waals surface area (Å²) in [5, 5.41) is 7.27. The Morgan fingerprint density at radius 2 is 1.70 bits per heavy atom. The molecule has 0 unspecified atom stereocenters. The number of hydrogen-bond acceptors (Lipinski definition) is 4. The zero-order valence-corrected chi connectivity index (χ0v) is 17.5. The zero-order chi connectivity index (χ0) is 20.8. The van der Waals surface area contributed by atoms with Crippen molar-refractivity contribution in [1.29, 1.82) is 0 Å². The van der Waals surface area contributed by atoms with Gasteiger partial charge in [-0.1, -0.05) is 42.5 Å². The van der Waals surface area contributed by atoms with Gasteiger partial charge in [-0.25, -0.2) is 0 Å². The lowest BCUT2D eigenvalue weighted by atomic mass is 10.1. The van der Waals surface area contributed by atoms with Crippen LogP contribution < -0.4 is 5.32 Å². The van der Waals surface area contributed by atoms with Crippen molar-refractivity contribution in [3.63, 3.8) is 0 Å². The minimum absolute atomic E-state index is 0.139. The second-order valence-corrected chi connectivity index (χ2v) is 7.96. The highest BCUT2D eigenvalue weighted by Crippen LogP contribution is 2.13. The van der Waals surface area contributed by atoms with Gasteiger partial charge < -0.3 is 15.1 Å². The summed E-state index contributed by atoms with van der Waals surface area (Å²) in [5.41, 5.74) is 3.81. The topological polar surface area (TPSA) is 53.4 Å². The molecule has 1 saturated heterocycles. The van der Waals surface area contributed by atoms with Crippen LogP contribution in [0.5, 0.6) is 0 Å². The van der Waals surface area contributed by atoms with Gasteiger partial charge in [-0.3, -0.25) is 9.48 Å². The molecule has 0 bridgehead atoms. The summed E-state index contributed by atoms with van der Waals surface area (Å²) in [6, 6.07) is 18.2. The van der Waals surface area contributed by atoms with Gasteiger partial charge in [-0.15, -0.1) is 0 Å². The first kappa shape index (κ1) is 20.3. The van der Waals surface area contributed by atoms with Crippen LogP contribution in [0.25, 0.3) is 0 Å². The van der Waals surface area contributed by atoms with Crippen LogP contribution in [0.15, 0.2) is 67.0 Å². The third-order valence-electron chi connectivity index (χ3n) is 5.61. The lowest BCUT2D eigenvalue weighted by molar-refractivity contribution is 0.102. The monoisotopic (exact) mass is 403 g/mol. The van der Waals surface area contributed by atoms with E-state index in [-0.39, 0.29) is 5.91 Å². The molecule has 0 atom stereocenters. The van der Waals surface area contributed by atoms with E-state index in [2.05, 4.69) is 39.4 Å². The van der Waals surface area contributed by atoms with E-state index >= 15 is 0 Å². The largest absolute Gasteiger partial charge is 0.322 e. The molecule has 2 heterocycles. The Bertz CT molecular complexity index is 943. The second kappa shape index (κ2) is 9.69. The number of carbonyl (C=O) groups is 1. The molecule has 3 aromatic rings. The first-order valence-corrected chi connectivity index (χ1v) is 10.5. The van der Waals surface area contributed by atoms with Gasteiger partial charge in [-0.05, 0) is 36.7 Å². The van der Waals surface area contributed by atoms with Gasteiger partial charge in [0.2, 0.25) is 0 Å². The molecule has 6 nitrogen and oxygen atoms in total. The fourth-order valence-electron chi connectivity index (χ4n) is 3.65. The summed E-state index contributed by atoms with van der Waals surface area (Å²) in [5.74, 6) is -0.139. The van der Waals surface area contributed by atoms with Gasteiger partial charge in [0.25, 0.3) is 5.91 Å². The van der Waals surface area contributed by atoms with E-state index in [1.54, 1.807) is 17.1 Å². The molecule has 156 valence electrons. The van der Waals surface area contributed by atoms with Crippen molar-refractivity contribution in [2.75, 3.05) is 45.1 Å². The number of nitrogens with zero attached hydrogens (tertiary/aromatic N) is 4. The molecule has 0 aliphatic carbocycles. The molecule has 0 spiro atoms. The van der Waals surface area contributed by atoms with E-state index in [0.717, 1.165) is 50.4 Å². The number of nitrogens with one attached hydrogen (secondary N) is 1. The van der Waals surface area contributed by atoms with E-state index in [4.69, 9.17) is 0 Å². The first-order chi connectivity index (χ1) is 14.7. The van der Waals surface area contributed by atoms with E-state index in [9.17, 15) is 4.79 Å². The maximum absolute atomic E-state index is 12.5. The highest BCUT2D eigenvalue weighted by atomic mass is 16.1. The molecular formula is C24H29N5O. The first-order valence-electron chi connectivity index (χ1n) is 10.5. The maximum Gasteiger partial charge on any atom is 0.258 e. The molecule has 30 heavy (non-hydrogen) atoms. The molecule has 6 heteroatoms. The normalized spacial score (nSPS) is 15.2. The summed E-state index contributed by atoms with van der Waals surface area (Å²) in [6.45, 7) is 6.31. The van der Waals surface area contributed by atoms with E-state index < -0.39 is 0 Å². The molecule has 1 aliphatic rings. The summed E-state index contributed by atoms with van der Waals surface area (Å²) in [7, 11) is 2.18. The average molecular weight is 404 g/mol. The number of rotatable bonds is 7. The third kappa shape index (κ3) is 5.55. The molecule has 1 amide bonds. The van der Waals surface area contributed by atoms with Crippen LogP contribution >= 0.6 is 0 Å². The number of amides is 1. The standard InChI is InChI=1S/C24H29N5O/c1-27-13-15-28(16-14-27)12-11-20-7-9-23(10-8-20)26-24(30)22-17-25-29(19-22)18-21-5-3-2-4-6-21/h2-10,17,19H,11-16,18H2,1H3,(H,26,30). The fourth-order valence-corrected chi connectivity index (χ4v) is 3.65. The Kier molecular flexibility index (Phi) is 6.57. The van der Waals surface area contributed by atoms with Gasteiger partial charge in [0.15, 0.2) is 0 Å². The van der Waals surface area contributed by atoms with Gasteiger partial charge in [0.1, 0.15) is 0 Å². The van der Waals surface area contributed by atoms with Gasteiger partial charge >= 0.3 is 0 Å². The second-order valence-electron chi connectivity index (χ2n) is 7.96. The highest BCUT2D eigenvalue weighted by molar-refractivity contribution is 6.03. The van der Waals surface area contributed by atoms with Crippen LogP contribution in [-0.4, -0.2) is 65.3 Å². The van der Waals surface area contributed by atoms with Crippen molar-refractivity contribution < 1.29 is 4.79 Å². The fraction of sp³-hybridized carbons (Fsp3) is 0.333. The smallest absolute Gasteiger partial charge is 0.258 e. The van der Waals surface area contributed by atoms with Crippen molar-refractivity contribution in [3.05, 3.63) is 83.7 Å². The quantitative estimate of drug-likeness (QED) is 0.659. The van der Waals surface area contributed by atoms with Crippen molar-refractivity contribution in [3.8, 4) is 0 Å². The third-order valence-corrected chi connectivity index (χ3v) is 5.61. The van der Waals surface area contributed by atoms with Crippen molar-refractivity contribution >= 4 is 11.6 Å². The summed E-state index contributed by atoms with van der Waals surface area (Å²) in [4.78, 5) is 17.4. The predicted octanol–water partition coefficient (Wildman–Crippen LogP) is 2.97. The van der Waals surface area contributed by atoms with Crippen molar-refractivity contribution in [1.82, 2.24) is 19.6 Å². The summed E-state index contributed by atoms with van der Waals surface area (Å²) in [6.07, 6.45) is 4.43. The van der Waals surface area contributed by atoms with Gasteiger partial charge in [-0.2, -0.15) is 5.10 Å². The van der Waals surface area contributed by atoms with Crippen LogP contribution in [-0.2, 0) is 13.0 Å². The lowest BCUT2D eigenvalue weighted by Crippen LogP contribution is -2.45. The molecule has 0 radical (unpaired) electrons. The Morgan fingerprint density at radius 1 is 0.967 bits per heavy atom. The number of aromatic nitrogens is 2. The number of likely N-dealkylation sites (N-methyl/N-ethyl adjacent to an activating group) is 1. The predicted molar refractivity (Wildman–Crippen MR) is 120 cm³/mol. The van der Waals surface area contributed by atoms with Gasteiger partial charge in [0.05, 0.1) is 18.3 Å². The molecule has 1 fully saturated rings. The lowest BCUT2D eigenvalue weighted by Gasteiger charge is -2.32. The van der Waals surface area contributed by atoms with Gasteiger partial charge in [0, 0.05) is 44.6 Å². The minimum atomic E-state index is -0.139. The zero-order valence-electron chi connectivity index (χ0n) is 17.5. The molecule has 1 aliphatic heterocycles. The van der Waals surface area contributed by atoms with Crippen LogP contribution in [0.3, 0.4) is 0 Å². The minimum Gasteiger partial charge on any atom is -0.322 e. The van der Waals surface area contributed by atoms with E-state index in [0.29, 0.717) is 12.1 Å². The number of anilines is 1. The molecular weight excluding hydrogens is 374 g/mol. The summed E-state index contributed by atoms with van der Waals surface area (Å²) < 4.78 is 1.78. The van der Waals surface area contributed by atoms with Crippen LogP contribution in [0, 0.1) is 0 Å². The molecule has 2 aromatic carbocycles. The maximum atomic E-state index is 12.5. The Labute approximate surface area is 178 Å². The van der Waals surface area contributed by atoms with E-state index in [1.807, 2.05) is 42.5 Å². The number of hydrogen-bond donors (Lipinski definition) is 1. The number of piperazine rings is 1. The summed E-state index contributed by atoms with van der Waals surface area (Å²) >= 11 is 0. The molecule has 1 N–H and O–H groups in total.